The van der Waals surface area contributed by atoms with Crippen molar-refractivity contribution in [1.82, 2.24) is 8.87 Å². The van der Waals surface area contributed by atoms with Gasteiger partial charge in [-0.05, 0) is 61.7 Å². The lowest BCUT2D eigenvalue weighted by Crippen LogP contribution is -2.40. The molecule has 0 spiro atoms. The van der Waals surface area contributed by atoms with E-state index in [9.17, 15) is 18.0 Å². The van der Waals surface area contributed by atoms with Gasteiger partial charge >= 0.3 is 5.97 Å². The molecule has 9 nitrogen and oxygen atoms in total. The Hall–Kier alpha value is -2.86. The second-order valence-electron chi connectivity index (χ2n) is 8.64. The van der Waals surface area contributed by atoms with Gasteiger partial charge in [0.2, 0.25) is 10.0 Å². The van der Waals surface area contributed by atoms with E-state index in [-0.39, 0.29) is 23.6 Å². The number of aryl methyl sites for hydroxylation is 1. The Morgan fingerprint density at radius 1 is 1.08 bits per heavy atom. The molecule has 0 atom stereocenters. The fourth-order valence-electron chi connectivity index (χ4n) is 4.08. The minimum absolute atomic E-state index is 0.0645. The zero-order valence-electron chi connectivity index (χ0n) is 21.0. The molecule has 198 valence electrons. The van der Waals surface area contributed by atoms with Gasteiger partial charge in [-0.15, -0.1) is 0 Å². The number of fused-ring (bicyclic) bond motifs is 1. The van der Waals surface area contributed by atoms with E-state index in [0.717, 1.165) is 29.5 Å². The molecule has 1 saturated heterocycles. The highest BCUT2D eigenvalue weighted by molar-refractivity contribution is 7.89. The standard InChI is InChI=1S/C26H31N3O6S2/c1-3-5-6-19-7-12-22-23(17-19)36-26(29(22)18-24(30)35-4-2)27-25(31)20-8-10-21(11-9-20)37(32,33)28-13-15-34-16-14-28/h7-12,17H,3-6,13-16,18H2,1-2H3. The molecule has 1 amide bonds. The smallest absolute Gasteiger partial charge is 0.326 e. The highest BCUT2D eigenvalue weighted by Gasteiger charge is 2.26. The predicted molar refractivity (Wildman–Crippen MR) is 141 cm³/mol. The van der Waals surface area contributed by atoms with Gasteiger partial charge in [0, 0.05) is 18.7 Å². The zero-order chi connectivity index (χ0) is 26.4. The van der Waals surface area contributed by atoms with Crippen molar-refractivity contribution in [3.63, 3.8) is 0 Å². The van der Waals surface area contributed by atoms with E-state index in [4.69, 9.17) is 9.47 Å². The van der Waals surface area contributed by atoms with Gasteiger partial charge in [-0.1, -0.05) is 30.7 Å². The third kappa shape index (κ3) is 6.35. The second kappa shape index (κ2) is 12.1. The van der Waals surface area contributed by atoms with Crippen LogP contribution in [0.4, 0.5) is 0 Å². The van der Waals surface area contributed by atoms with Crippen LogP contribution >= 0.6 is 11.3 Å². The van der Waals surface area contributed by atoms with E-state index in [1.807, 2.05) is 12.1 Å². The number of rotatable bonds is 9. The summed E-state index contributed by atoms with van der Waals surface area (Å²) >= 11 is 1.33. The van der Waals surface area contributed by atoms with Gasteiger partial charge in [0.05, 0.1) is 34.9 Å². The molecule has 3 aromatic rings. The normalized spacial score (nSPS) is 15.2. The average molecular weight is 546 g/mol. The Kier molecular flexibility index (Phi) is 8.91. The Bertz CT molecular complexity index is 1440. The van der Waals surface area contributed by atoms with E-state index in [0.29, 0.717) is 31.1 Å². The highest BCUT2D eigenvalue weighted by atomic mass is 32.2. The maximum Gasteiger partial charge on any atom is 0.326 e. The topological polar surface area (TPSA) is 107 Å². The SMILES string of the molecule is CCCCc1ccc2c(c1)sc(=NC(=O)c1ccc(S(=O)(=O)N3CCOCC3)cc1)n2CC(=O)OCC. The first-order valence-electron chi connectivity index (χ1n) is 12.4. The summed E-state index contributed by atoms with van der Waals surface area (Å²) in [5.74, 6) is -0.936. The molecule has 0 aliphatic carbocycles. The number of unbranched alkanes of at least 4 members (excludes halogenated alkanes) is 1. The molecule has 1 fully saturated rings. The van der Waals surface area contributed by atoms with Crippen LogP contribution in [0.5, 0.6) is 0 Å². The number of amides is 1. The van der Waals surface area contributed by atoms with Crippen molar-refractivity contribution in [3.8, 4) is 0 Å². The number of carbonyl (C=O) groups is 2. The summed E-state index contributed by atoms with van der Waals surface area (Å²) in [5, 5.41) is 0. The molecule has 0 saturated carbocycles. The number of morpholine rings is 1. The molecule has 37 heavy (non-hydrogen) atoms. The van der Waals surface area contributed by atoms with Gasteiger partial charge in [-0.2, -0.15) is 9.30 Å². The summed E-state index contributed by atoms with van der Waals surface area (Å²) in [4.78, 5) is 30.2. The number of esters is 1. The second-order valence-corrected chi connectivity index (χ2v) is 11.6. The Labute approximate surface area is 220 Å². The van der Waals surface area contributed by atoms with Crippen molar-refractivity contribution in [3.05, 3.63) is 58.4 Å². The van der Waals surface area contributed by atoms with E-state index >= 15 is 0 Å². The van der Waals surface area contributed by atoms with Gasteiger partial charge in [-0.3, -0.25) is 9.59 Å². The lowest BCUT2D eigenvalue weighted by molar-refractivity contribution is -0.143. The van der Waals surface area contributed by atoms with Gasteiger partial charge in [0.25, 0.3) is 5.91 Å². The van der Waals surface area contributed by atoms with Crippen molar-refractivity contribution in [2.24, 2.45) is 4.99 Å². The fourth-order valence-corrected chi connectivity index (χ4v) is 6.58. The van der Waals surface area contributed by atoms with Crippen LogP contribution in [0.25, 0.3) is 10.2 Å². The van der Waals surface area contributed by atoms with Gasteiger partial charge in [-0.25, -0.2) is 8.42 Å². The number of hydrogen-bond donors (Lipinski definition) is 0. The summed E-state index contributed by atoms with van der Waals surface area (Å²) < 4.78 is 40.1. The summed E-state index contributed by atoms with van der Waals surface area (Å²) in [7, 11) is -3.66. The number of sulfonamides is 1. The summed E-state index contributed by atoms with van der Waals surface area (Å²) in [6.45, 7) is 5.39. The molecule has 2 aromatic carbocycles. The molecule has 1 aliphatic heterocycles. The van der Waals surface area contributed by atoms with Crippen molar-refractivity contribution in [2.45, 2.75) is 44.6 Å². The molecule has 0 radical (unpaired) electrons. The molecule has 4 rings (SSSR count). The first-order valence-corrected chi connectivity index (χ1v) is 14.6. The van der Waals surface area contributed by atoms with Gasteiger partial charge < -0.3 is 14.0 Å². The van der Waals surface area contributed by atoms with Crippen molar-refractivity contribution in [1.29, 1.82) is 0 Å². The third-order valence-electron chi connectivity index (χ3n) is 6.06. The van der Waals surface area contributed by atoms with Crippen LogP contribution < -0.4 is 4.80 Å². The lowest BCUT2D eigenvalue weighted by atomic mass is 10.1. The Morgan fingerprint density at radius 3 is 2.49 bits per heavy atom. The monoisotopic (exact) mass is 545 g/mol. The van der Waals surface area contributed by atoms with Crippen molar-refractivity contribution in [2.75, 3.05) is 32.9 Å². The van der Waals surface area contributed by atoms with Crippen LogP contribution in [0, 0.1) is 0 Å². The number of nitrogens with zero attached hydrogens (tertiary/aromatic N) is 3. The average Bonchev–Trinajstić information content (AvgIpc) is 3.23. The van der Waals surface area contributed by atoms with Crippen LogP contribution in [0.3, 0.4) is 0 Å². The minimum Gasteiger partial charge on any atom is -0.465 e. The van der Waals surface area contributed by atoms with Crippen LogP contribution in [-0.4, -0.2) is 62.1 Å². The molecular formula is C26H31N3O6S2. The van der Waals surface area contributed by atoms with Crippen LogP contribution in [0.15, 0.2) is 52.4 Å². The molecule has 0 N–H and O–H groups in total. The van der Waals surface area contributed by atoms with E-state index in [1.54, 1.807) is 11.5 Å². The maximum absolute atomic E-state index is 13.1. The Morgan fingerprint density at radius 2 is 1.81 bits per heavy atom. The minimum atomic E-state index is -3.66. The molecule has 11 heteroatoms. The molecular weight excluding hydrogens is 514 g/mol. The number of ether oxygens (including phenoxy) is 2. The fraction of sp³-hybridized carbons (Fsp3) is 0.423. The van der Waals surface area contributed by atoms with Crippen LogP contribution in [0.2, 0.25) is 0 Å². The van der Waals surface area contributed by atoms with E-state index in [1.165, 1.54) is 45.5 Å². The van der Waals surface area contributed by atoms with Crippen molar-refractivity contribution >= 4 is 43.5 Å². The largest absolute Gasteiger partial charge is 0.465 e. The Balaban J connectivity index is 1.66. The molecule has 2 heterocycles. The zero-order valence-corrected chi connectivity index (χ0v) is 22.6. The highest BCUT2D eigenvalue weighted by Crippen LogP contribution is 2.22. The van der Waals surface area contributed by atoms with Crippen LogP contribution in [0.1, 0.15) is 42.6 Å². The summed E-state index contributed by atoms with van der Waals surface area (Å²) in [5.41, 5.74) is 2.25. The third-order valence-corrected chi connectivity index (χ3v) is 9.02. The number of hydrogen-bond acceptors (Lipinski definition) is 7. The number of carbonyl (C=O) groups excluding carboxylic acids is 2. The predicted octanol–water partition coefficient (Wildman–Crippen LogP) is 3.37. The number of thiazole rings is 1. The molecule has 1 aromatic heterocycles. The number of benzene rings is 2. The van der Waals surface area contributed by atoms with E-state index in [2.05, 4.69) is 18.0 Å². The number of aromatic nitrogens is 1. The van der Waals surface area contributed by atoms with E-state index < -0.39 is 21.9 Å². The maximum atomic E-state index is 13.1. The quantitative estimate of drug-likeness (QED) is 0.382. The summed E-state index contributed by atoms with van der Waals surface area (Å²) in [6.07, 6.45) is 3.12. The van der Waals surface area contributed by atoms with Crippen LogP contribution in [-0.2, 0) is 37.3 Å². The first kappa shape index (κ1) is 27.2. The molecule has 0 unspecified atom stereocenters. The first-order chi connectivity index (χ1) is 17.8. The molecule has 0 bridgehead atoms. The van der Waals surface area contributed by atoms with Gasteiger partial charge in [0.1, 0.15) is 6.54 Å². The molecule has 1 aliphatic rings. The van der Waals surface area contributed by atoms with Gasteiger partial charge in [0.15, 0.2) is 4.80 Å². The lowest BCUT2D eigenvalue weighted by Gasteiger charge is -2.26. The van der Waals surface area contributed by atoms with Crippen molar-refractivity contribution < 1.29 is 27.5 Å². The summed E-state index contributed by atoms with van der Waals surface area (Å²) in [6, 6.07) is 11.8.